The molecule has 23 heavy (non-hydrogen) atoms. The van der Waals surface area contributed by atoms with Crippen molar-refractivity contribution in [2.45, 2.75) is 45.1 Å². The summed E-state index contributed by atoms with van der Waals surface area (Å²) >= 11 is 0. The summed E-state index contributed by atoms with van der Waals surface area (Å²) in [6.45, 7) is 6.25. The summed E-state index contributed by atoms with van der Waals surface area (Å²) in [5.41, 5.74) is 8.14. The third-order valence-corrected chi connectivity index (χ3v) is 4.47. The fraction of sp³-hybridized carbons (Fsp3) is 0.529. The molecule has 2 aromatic rings. The van der Waals surface area contributed by atoms with E-state index >= 15 is 0 Å². The van der Waals surface area contributed by atoms with Gasteiger partial charge in [-0.1, -0.05) is 12.1 Å². The number of halogens is 1. The Bertz CT molecular complexity index is 605. The minimum Gasteiger partial charge on any atom is -0.372 e. The number of rotatable bonds is 4. The van der Waals surface area contributed by atoms with Crippen LogP contribution in [0.2, 0.25) is 0 Å². The average Bonchev–Trinajstić information content (AvgIpc) is 3.05. The smallest absolute Gasteiger partial charge is 0.231 e. The van der Waals surface area contributed by atoms with Crippen LogP contribution in [0.1, 0.15) is 44.9 Å². The zero-order valence-corrected chi connectivity index (χ0v) is 14.6. The van der Waals surface area contributed by atoms with Crippen LogP contribution >= 0.6 is 12.4 Å². The number of piperidine rings is 1. The van der Waals surface area contributed by atoms with E-state index in [0.29, 0.717) is 11.7 Å². The van der Waals surface area contributed by atoms with Crippen molar-refractivity contribution in [1.29, 1.82) is 0 Å². The molecule has 1 saturated heterocycles. The zero-order valence-electron chi connectivity index (χ0n) is 13.7. The predicted octanol–water partition coefficient (Wildman–Crippen LogP) is 3.60. The fourth-order valence-electron chi connectivity index (χ4n) is 2.74. The van der Waals surface area contributed by atoms with Gasteiger partial charge in [-0.3, -0.25) is 0 Å². The molecule has 1 aromatic carbocycles. The number of aromatic nitrogens is 2. The molecule has 0 aliphatic carbocycles. The first-order chi connectivity index (χ1) is 10.6. The largest absolute Gasteiger partial charge is 0.372 e. The van der Waals surface area contributed by atoms with Crippen LogP contribution in [0.5, 0.6) is 0 Å². The third-order valence-electron chi connectivity index (χ3n) is 4.47. The van der Waals surface area contributed by atoms with Crippen molar-refractivity contribution in [3.63, 3.8) is 0 Å². The van der Waals surface area contributed by atoms with E-state index in [-0.39, 0.29) is 24.4 Å². The highest BCUT2D eigenvalue weighted by molar-refractivity contribution is 5.85. The summed E-state index contributed by atoms with van der Waals surface area (Å²) < 4.78 is 5.34. The molecule has 2 atom stereocenters. The highest BCUT2D eigenvalue weighted by Crippen LogP contribution is 2.25. The van der Waals surface area contributed by atoms with Gasteiger partial charge in [0.05, 0.1) is 5.92 Å². The van der Waals surface area contributed by atoms with Gasteiger partial charge in [0.25, 0.3) is 0 Å². The molecule has 0 amide bonds. The van der Waals surface area contributed by atoms with Crippen molar-refractivity contribution in [2.24, 2.45) is 5.73 Å². The van der Waals surface area contributed by atoms with Gasteiger partial charge in [-0.2, -0.15) is 4.98 Å². The Kier molecular flexibility index (Phi) is 6.02. The summed E-state index contributed by atoms with van der Waals surface area (Å²) in [5, 5.41) is 4.08. The molecule has 1 fully saturated rings. The molecule has 5 nitrogen and oxygen atoms in total. The van der Waals surface area contributed by atoms with Crippen LogP contribution in [-0.2, 0) is 0 Å². The van der Waals surface area contributed by atoms with Crippen molar-refractivity contribution in [1.82, 2.24) is 10.1 Å². The quantitative estimate of drug-likeness (QED) is 0.923. The van der Waals surface area contributed by atoms with Crippen LogP contribution in [0, 0.1) is 0 Å². The van der Waals surface area contributed by atoms with Gasteiger partial charge < -0.3 is 15.2 Å². The van der Waals surface area contributed by atoms with E-state index in [4.69, 9.17) is 10.3 Å². The molecular weight excluding hydrogens is 312 g/mol. The van der Waals surface area contributed by atoms with E-state index in [0.717, 1.165) is 18.7 Å². The molecule has 1 aliphatic rings. The van der Waals surface area contributed by atoms with E-state index in [1.807, 2.05) is 13.8 Å². The van der Waals surface area contributed by atoms with Crippen LogP contribution in [-0.4, -0.2) is 29.3 Å². The number of hydrogen-bond acceptors (Lipinski definition) is 5. The van der Waals surface area contributed by atoms with Gasteiger partial charge in [-0.15, -0.1) is 12.4 Å². The monoisotopic (exact) mass is 336 g/mol. The minimum atomic E-state index is -0.00484. The van der Waals surface area contributed by atoms with E-state index in [1.165, 1.54) is 24.9 Å². The molecule has 126 valence electrons. The van der Waals surface area contributed by atoms with Crippen LogP contribution in [0.4, 0.5) is 5.69 Å². The lowest BCUT2D eigenvalue weighted by atomic mass is 10.1. The van der Waals surface area contributed by atoms with Crippen molar-refractivity contribution < 1.29 is 4.52 Å². The second-order valence-corrected chi connectivity index (χ2v) is 6.20. The first kappa shape index (κ1) is 17.8. The summed E-state index contributed by atoms with van der Waals surface area (Å²) in [7, 11) is 0. The standard InChI is InChI=1S/C17H24N4O.ClH/c1-12(13(2)18)17-19-16(20-22-17)14-6-8-15(9-7-14)21-10-4-3-5-11-21;/h6-9,12-13H,3-5,10-11,18H2,1-2H3;1H. The first-order valence-corrected chi connectivity index (χ1v) is 8.09. The van der Waals surface area contributed by atoms with Crippen LogP contribution in [0.25, 0.3) is 11.4 Å². The topological polar surface area (TPSA) is 68.2 Å². The van der Waals surface area contributed by atoms with E-state index in [1.54, 1.807) is 0 Å². The molecule has 2 heterocycles. The van der Waals surface area contributed by atoms with Crippen LogP contribution < -0.4 is 10.6 Å². The minimum absolute atomic E-state index is 0. The second kappa shape index (κ2) is 7.79. The Balaban J connectivity index is 0.00000192. The SMILES string of the molecule is CC(N)C(C)c1nc(-c2ccc(N3CCCCC3)cc2)no1.Cl. The van der Waals surface area contributed by atoms with Crippen molar-refractivity contribution >= 4 is 18.1 Å². The molecule has 0 saturated carbocycles. The number of nitrogens with two attached hydrogens (primary N) is 1. The molecule has 0 radical (unpaired) electrons. The number of hydrogen-bond donors (Lipinski definition) is 1. The molecule has 6 heteroatoms. The van der Waals surface area contributed by atoms with Gasteiger partial charge in [-0.25, -0.2) is 0 Å². The summed E-state index contributed by atoms with van der Waals surface area (Å²) in [4.78, 5) is 6.91. The number of benzene rings is 1. The van der Waals surface area contributed by atoms with Gasteiger partial charge in [0, 0.05) is 30.4 Å². The van der Waals surface area contributed by atoms with Crippen molar-refractivity contribution in [3.05, 3.63) is 30.2 Å². The average molecular weight is 337 g/mol. The Morgan fingerprint density at radius 2 is 1.74 bits per heavy atom. The molecular formula is C17H25ClN4O. The van der Waals surface area contributed by atoms with E-state index in [9.17, 15) is 0 Å². The summed E-state index contributed by atoms with van der Waals surface area (Å²) in [6.07, 6.45) is 3.91. The van der Waals surface area contributed by atoms with Gasteiger partial charge in [0.15, 0.2) is 0 Å². The molecule has 0 spiro atoms. The van der Waals surface area contributed by atoms with Crippen LogP contribution in [0.3, 0.4) is 0 Å². The van der Waals surface area contributed by atoms with E-state index < -0.39 is 0 Å². The maximum atomic E-state index is 5.89. The van der Waals surface area contributed by atoms with Gasteiger partial charge >= 0.3 is 0 Å². The number of anilines is 1. The summed E-state index contributed by atoms with van der Waals surface area (Å²) in [6, 6.07) is 8.41. The first-order valence-electron chi connectivity index (χ1n) is 8.09. The lowest BCUT2D eigenvalue weighted by Gasteiger charge is -2.28. The normalized spacial score (nSPS) is 17.4. The Hall–Kier alpha value is -1.59. The molecule has 0 bridgehead atoms. The highest BCUT2D eigenvalue weighted by Gasteiger charge is 2.18. The Morgan fingerprint density at radius 1 is 1.09 bits per heavy atom. The maximum Gasteiger partial charge on any atom is 0.231 e. The van der Waals surface area contributed by atoms with Crippen molar-refractivity contribution in [3.8, 4) is 11.4 Å². The van der Waals surface area contributed by atoms with Crippen LogP contribution in [0.15, 0.2) is 28.8 Å². The Morgan fingerprint density at radius 3 is 2.35 bits per heavy atom. The van der Waals surface area contributed by atoms with Crippen molar-refractivity contribution in [2.75, 3.05) is 18.0 Å². The maximum absolute atomic E-state index is 5.89. The molecule has 1 aromatic heterocycles. The Labute approximate surface area is 143 Å². The lowest BCUT2D eigenvalue weighted by Crippen LogP contribution is -2.29. The second-order valence-electron chi connectivity index (χ2n) is 6.20. The molecule has 1 aliphatic heterocycles. The van der Waals surface area contributed by atoms with Gasteiger partial charge in [-0.05, 0) is 50.5 Å². The fourth-order valence-corrected chi connectivity index (χ4v) is 2.74. The van der Waals surface area contributed by atoms with E-state index in [2.05, 4.69) is 39.3 Å². The molecule has 3 rings (SSSR count). The predicted molar refractivity (Wildman–Crippen MR) is 95.1 cm³/mol. The van der Waals surface area contributed by atoms with Gasteiger partial charge in [0.1, 0.15) is 0 Å². The third kappa shape index (κ3) is 4.03. The highest BCUT2D eigenvalue weighted by atomic mass is 35.5. The zero-order chi connectivity index (χ0) is 15.5. The number of nitrogens with zero attached hydrogens (tertiary/aromatic N) is 3. The molecule has 2 unspecified atom stereocenters. The lowest BCUT2D eigenvalue weighted by molar-refractivity contribution is 0.347. The summed E-state index contributed by atoms with van der Waals surface area (Å²) in [5.74, 6) is 1.30. The van der Waals surface area contributed by atoms with Gasteiger partial charge in [0.2, 0.25) is 11.7 Å². The molecule has 2 N–H and O–H groups in total.